The van der Waals surface area contributed by atoms with Crippen LogP contribution in [-0.2, 0) is 0 Å². The van der Waals surface area contributed by atoms with Crippen LogP contribution in [-0.4, -0.2) is 24.9 Å². The molecule has 0 radical (unpaired) electrons. The van der Waals surface area contributed by atoms with Crippen LogP contribution >= 0.6 is 0 Å². The third-order valence-electron chi connectivity index (χ3n) is 7.97. The highest BCUT2D eigenvalue weighted by molar-refractivity contribution is 6.21. The number of fused-ring (bicyclic) bond motifs is 9. The summed E-state index contributed by atoms with van der Waals surface area (Å²) in [5, 5.41) is 10.4. The maximum absolute atomic E-state index is 4.97. The van der Waals surface area contributed by atoms with Crippen molar-refractivity contribution in [2.75, 3.05) is 5.32 Å². The normalized spacial score (nSPS) is 11.5. The second-order valence-electron chi connectivity index (χ2n) is 10.8. The summed E-state index contributed by atoms with van der Waals surface area (Å²) in [5.41, 5.74) is 9.13. The molecule has 0 aliphatic heterocycles. The number of hydrogen-bond acceptors (Lipinski definition) is 5. The van der Waals surface area contributed by atoms with Crippen LogP contribution < -0.4 is 5.32 Å². The largest absolute Gasteiger partial charge is 0.359 e. The summed E-state index contributed by atoms with van der Waals surface area (Å²) < 4.78 is 0. The molecule has 0 aliphatic carbocycles. The van der Waals surface area contributed by atoms with Crippen molar-refractivity contribution in [2.45, 2.75) is 53.9 Å². The van der Waals surface area contributed by atoms with Crippen molar-refractivity contribution in [1.29, 1.82) is 0 Å². The molecule has 0 fully saturated rings. The molecule has 6 nitrogen and oxygen atoms in total. The van der Waals surface area contributed by atoms with Gasteiger partial charge in [-0.3, -0.25) is 15.0 Å². The summed E-state index contributed by atoms with van der Waals surface area (Å²) in [6.07, 6.45) is 8.19. The average molecular weight is 553 g/mol. The zero-order valence-corrected chi connectivity index (χ0v) is 25.1. The molecule has 0 saturated carbocycles. The van der Waals surface area contributed by atoms with E-state index in [0.717, 1.165) is 73.0 Å². The van der Waals surface area contributed by atoms with Gasteiger partial charge in [0.05, 0.1) is 16.6 Å². The van der Waals surface area contributed by atoms with E-state index in [1.165, 1.54) is 21.7 Å². The van der Waals surface area contributed by atoms with Gasteiger partial charge in [-0.05, 0) is 59.0 Å². The zero-order valence-electron chi connectivity index (χ0n) is 25.1. The smallest absolute Gasteiger partial charge is 0.115 e. The fourth-order valence-electron chi connectivity index (χ4n) is 5.73. The van der Waals surface area contributed by atoms with Crippen LogP contribution in [0.1, 0.15) is 58.3 Å². The number of anilines is 1. The van der Waals surface area contributed by atoms with E-state index in [4.69, 9.17) is 15.0 Å². The van der Waals surface area contributed by atoms with Gasteiger partial charge in [0, 0.05) is 63.6 Å². The number of aromatic amines is 1. The lowest BCUT2D eigenvalue weighted by atomic mass is 9.93. The minimum absolute atomic E-state index is 0.286. The van der Waals surface area contributed by atoms with Gasteiger partial charge in [-0.25, -0.2) is 4.98 Å². The van der Waals surface area contributed by atoms with Crippen LogP contribution in [0.25, 0.3) is 65.5 Å². The fraction of sp³-hybridized carbons (Fsp3) is 0.222. The van der Waals surface area contributed by atoms with Gasteiger partial charge < -0.3 is 10.3 Å². The number of nitrogens with zero attached hydrogens (tertiary/aromatic N) is 4. The summed E-state index contributed by atoms with van der Waals surface area (Å²) in [4.78, 5) is 22.4. The van der Waals surface area contributed by atoms with Gasteiger partial charge in [-0.2, -0.15) is 0 Å². The Kier molecular flexibility index (Phi) is 7.07. The Balaban J connectivity index is 0.00000155. The number of aryl methyl sites for hydroxylation is 1. The van der Waals surface area contributed by atoms with Crippen LogP contribution in [0, 0.1) is 6.92 Å². The molecule has 6 heteroatoms. The number of rotatable bonds is 5. The third-order valence-corrected chi connectivity index (χ3v) is 7.97. The van der Waals surface area contributed by atoms with Gasteiger partial charge in [0.2, 0.25) is 0 Å². The minimum atomic E-state index is 0.286. The summed E-state index contributed by atoms with van der Waals surface area (Å²) in [7, 11) is 0. The molecule has 0 unspecified atom stereocenters. The van der Waals surface area contributed by atoms with Crippen LogP contribution in [0.15, 0.2) is 79.5 Å². The molecule has 3 heterocycles. The van der Waals surface area contributed by atoms with Gasteiger partial charge in [-0.1, -0.05) is 65.5 Å². The van der Waals surface area contributed by atoms with E-state index < -0.39 is 0 Å². The lowest BCUT2D eigenvalue weighted by Crippen LogP contribution is -2.01. The number of hydrogen-bond donors (Lipinski definition) is 2. The monoisotopic (exact) mass is 552 g/mol. The van der Waals surface area contributed by atoms with Gasteiger partial charge in [0.15, 0.2) is 0 Å². The van der Waals surface area contributed by atoms with Crippen LogP contribution in [0.5, 0.6) is 0 Å². The van der Waals surface area contributed by atoms with E-state index >= 15 is 0 Å². The molecule has 0 bridgehead atoms. The second kappa shape index (κ2) is 10.9. The third kappa shape index (κ3) is 4.35. The Morgan fingerprint density at radius 1 is 0.810 bits per heavy atom. The van der Waals surface area contributed by atoms with Gasteiger partial charge in [0.1, 0.15) is 11.3 Å². The highest BCUT2D eigenvalue weighted by atomic mass is 14.9. The quantitative estimate of drug-likeness (QED) is 0.208. The Labute approximate surface area is 246 Å². The highest BCUT2D eigenvalue weighted by Gasteiger charge is 2.18. The summed E-state index contributed by atoms with van der Waals surface area (Å²) in [6, 6.07) is 15.4. The van der Waals surface area contributed by atoms with Crippen molar-refractivity contribution in [2.24, 2.45) is 0 Å². The minimum Gasteiger partial charge on any atom is -0.359 e. The first-order chi connectivity index (χ1) is 20.4. The van der Waals surface area contributed by atoms with E-state index in [9.17, 15) is 0 Å². The molecule has 0 atom stereocenters. The topological polar surface area (TPSA) is 79.4 Å². The Morgan fingerprint density at radius 3 is 2.21 bits per heavy atom. The van der Waals surface area contributed by atoms with Crippen molar-refractivity contribution in [3.05, 3.63) is 90.9 Å². The van der Waals surface area contributed by atoms with E-state index in [1.54, 1.807) is 12.4 Å². The summed E-state index contributed by atoms with van der Waals surface area (Å²) >= 11 is 0. The van der Waals surface area contributed by atoms with Crippen LogP contribution in [0.4, 0.5) is 5.69 Å². The zero-order chi connectivity index (χ0) is 29.5. The number of aromatic nitrogens is 5. The lowest BCUT2D eigenvalue weighted by molar-refractivity contribution is 0.799. The standard InChI is InChI=1S/C34H30N6.C2H6/c1-6-19(4)38-29-20(5)28-17-35-12-11-23(28)26-15-21(7-9-24(26)29)22-8-10-25-27(16-22)30-32(37-14-13-36-30)33-31(25)39-34(40-33)18(2)3;1-2/h7-18,38H,4,6H2,1-3,5H3,(H,39,40);1-2H3. The molecule has 0 aliphatic rings. The number of imidazole rings is 1. The second-order valence-corrected chi connectivity index (χ2v) is 10.8. The van der Waals surface area contributed by atoms with Crippen molar-refractivity contribution in [1.82, 2.24) is 24.9 Å². The number of pyridine rings is 1. The number of benzene rings is 4. The van der Waals surface area contributed by atoms with E-state index in [0.29, 0.717) is 0 Å². The molecular weight excluding hydrogens is 516 g/mol. The van der Waals surface area contributed by atoms with Gasteiger partial charge >= 0.3 is 0 Å². The molecule has 2 N–H and O–H groups in total. The van der Waals surface area contributed by atoms with Crippen molar-refractivity contribution in [3.63, 3.8) is 0 Å². The SMILES string of the molecule is C=C(CC)Nc1c(C)c2cnccc2c2cc(-c3ccc4c(c3)c3nccnc3c3[nH]c(C(C)C)nc43)ccc12.CC. The van der Waals surface area contributed by atoms with Gasteiger partial charge in [0.25, 0.3) is 0 Å². The average Bonchev–Trinajstić information content (AvgIpc) is 3.50. The number of H-pyrrole nitrogens is 1. The summed E-state index contributed by atoms with van der Waals surface area (Å²) in [5.74, 6) is 1.24. The van der Waals surface area contributed by atoms with E-state index in [2.05, 4.69) is 92.0 Å². The van der Waals surface area contributed by atoms with Crippen molar-refractivity contribution < 1.29 is 0 Å². The van der Waals surface area contributed by atoms with Crippen molar-refractivity contribution in [3.8, 4) is 11.1 Å². The Bertz CT molecular complexity index is 2140. The maximum Gasteiger partial charge on any atom is 0.115 e. The molecule has 0 spiro atoms. The first kappa shape index (κ1) is 27.3. The van der Waals surface area contributed by atoms with E-state index in [-0.39, 0.29) is 5.92 Å². The number of nitrogens with one attached hydrogen (secondary N) is 2. The Hall–Kier alpha value is -4.84. The molecule has 7 aromatic rings. The van der Waals surface area contributed by atoms with E-state index in [1.807, 2.05) is 26.2 Å². The lowest BCUT2D eigenvalue weighted by Gasteiger charge is -2.18. The molecule has 0 amide bonds. The predicted octanol–water partition coefficient (Wildman–Crippen LogP) is 9.82. The first-order valence-electron chi connectivity index (χ1n) is 14.8. The number of allylic oxidation sites excluding steroid dienone is 1. The highest BCUT2D eigenvalue weighted by Crippen LogP contribution is 2.40. The van der Waals surface area contributed by atoms with Crippen molar-refractivity contribution >= 4 is 60.1 Å². The first-order valence-corrected chi connectivity index (χ1v) is 14.8. The van der Waals surface area contributed by atoms with Gasteiger partial charge in [-0.15, -0.1) is 0 Å². The molecule has 4 aromatic carbocycles. The summed E-state index contributed by atoms with van der Waals surface area (Å²) in [6.45, 7) is 16.8. The Morgan fingerprint density at radius 2 is 1.50 bits per heavy atom. The van der Waals surface area contributed by atoms with Crippen LogP contribution in [0.2, 0.25) is 0 Å². The molecular formula is C36H36N6. The fourth-order valence-corrected chi connectivity index (χ4v) is 5.73. The molecule has 42 heavy (non-hydrogen) atoms. The maximum atomic E-state index is 4.97. The predicted molar refractivity (Wildman–Crippen MR) is 178 cm³/mol. The molecule has 210 valence electrons. The molecule has 3 aromatic heterocycles. The molecule has 7 rings (SSSR count). The van der Waals surface area contributed by atoms with Crippen LogP contribution in [0.3, 0.4) is 0 Å². The molecule has 0 saturated heterocycles.